The fraction of sp³-hybridized carbons (Fsp3) is 0.353. The zero-order chi connectivity index (χ0) is 35.6. The van der Waals surface area contributed by atoms with Crippen molar-refractivity contribution in [2.24, 2.45) is 12.9 Å². The minimum absolute atomic E-state index is 0.0301. The summed E-state index contributed by atoms with van der Waals surface area (Å²) in [5, 5.41) is 13.8. The van der Waals surface area contributed by atoms with Crippen molar-refractivity contribution >= 4 is 46.3 Å². The largest absolute Gasteiger partial charge is 0.466 e. The van der Waals surface area contributed by atoms with E-state index >= 15 is 0 Å². The average Bonchev–Trinajstić information content (AvgIpc) is 3.47. The van der Waals surface area contributed by atoms with Crippen LogP contribution in [0.25, 0.3) is 11.0 Å². The maximum Gasteiger partial charge on any atom is 0.412 e. The van der Waals surface area contributed by atoms with Crippen LogP contribution in [0.1, 0.15) is 65.9 Å². The van der Waals surface area contributed by atoms with Crippen LogP contribution in [0.15, 0.2) is 66.9 Å². The number of aryl methyl sites for hydroxylation is 1. The van der Waals surface area contributed by atoms with E-state index in [0.717, 1.165) is 17.4 Å². The van der Waals surface area contributed by atoms with E-state index < -0.39 is 24.9 Å². The molecular formula is C34H41N7O5. The van der Waals surface area contributed by atoms with Crippen molar-refractivity contribution in [3.63, 3.8) is 0 Å². The van der Waals surface area contributed by atoms with Crippen LogP contribution in [0, 0.1) is 11.3 Å². The molecule has 0 saturated carbocycles. The SMILES string of the molecule is [2H]C([2H])([2H])n1c(CNc2ccc(C(=N)NC(=O)OCC(CC)CC)cc2)nc2cc(C(=O)N(CCC(=O)OCC)c3ccccn3)ccc21. The third-order valence-corrected chi connectivity index (χ3v) is 7.44. The van der Waals surface area contributed by atoms with Crippen LogP contribution in [0.4, 0.5) is 16.3 Å². The molecule has 0 aliphatic heterocycles. The van der Waals surface area contributed by atoms with Gasteiger partial charge in [-0.25, -0.2) is 14.8 Å². The average molecular weight is 631 g/mol. The van der Waals surface area contributed by atoms with Crippen LogP contribution in [0.3, 0.4) is 0 Å². The Labute approximate surface area is 272 Å². The summed E-state index contributed by atoms with van der Waals surface area (Å²) in [7, 11) is 0. The molecule has 0 fully saturated rings. The van der Waals surface area contributed by atoms with Gasteiger partial charge >= 0.3 is 12.1 Å². The summed E-state index contributed by atoms with van der Waals surface area (Å²) in [5.74, 6) is -0.168. The van der Waals surface area contributed by atoms with Crippen LogP contribution >= 0.6 is 0 Å². The summed E-state index contributed by atoms with van der Waals surface area (Å²) < 4.78 is 35.9. The third-order valence-electron chi connectivity index (χ3n) is 7.44. The highest BCUT2D eigenvalue weighted by Crippen LogP contribution is 2.21. The van der Waals surface area contributed by atoms with Gasteiger partial charge in [-0.2, -0.15) is 0 Å². The molecule has 0 spiro atoms. The number of ether oxygens (including phenoxy) is 2. The second kappa shape index (κ2) is 16.2. The quantitative estimate of drug-likeness (QED) is 0.0916. The standard InChI is InChI=1S/C34H41N7O5/c1-5-23(6-2)22-46-34(44)39-32(35)24-11-14-26(15-12-24)37-21-30-38-27-20-25(13-16-28(27)40(30)4)33(43)41(19-17-31(42)45-7-3)29-10-8-9-18-36-29/h8-16,18,20,23,37H,5-7,17,19,21-22H2,1-4H3,(H2,35,39,44)/i4D3. The first kappa shape index (κ1) is 29.5. The van der Waals surface area contributed by atoms with Crippen molar-refractivity contribution in [1.29, 1.82) is 5.41 Å². The van der Waals surface area contributed by atoms with Crippen LogP contribution in [0.5, 0.6) is 0 Å². The Morgan fingerprint density at radius 3 is 2.46 bits per heavy atom. The van der Waals surface area contributed by atoms with Gasteiger partial charge in [0.25, 0.3) is 5.91 Å². The Balaban J connectivity index is 1.50. The molecule has 2 amide bonds. The number of anilines is 2. The summed E-state index contributed by atoms with van der Waals surface area (Å²) in [6.07, 6.45) is 2.61. The third kappa shape index (κ3) is 8.68. The first-order valence-electron chi connectivity index (χ1n) is 16.7. The highest BCUT2D eigenvalue weighted by atomic mass is 16.5. The number of carbonyl (C=O) groups is 3. The van der Waals surface area contributed by atoms with E-state index in [-0.39, 0.29) is 55.9 Å². The maximum absolute atomic E-state index is 13.7. The number of esters is 1. The lowest BCUT2D eigenvalue weighted by Crippen LogP contribution is -2.34. The van der Waals surface area contributed by atoms with Gasteiger partial charge in [0.15, 0.2) is 0 Å². The number of benzene rings is 2. The molecule has 242 valence electrons. The number of aromatic nitrogens is 3. The van der Waals surface area contributed by atoms with Gasteiger partial charge in [0.2, 0.25) is 0 Å². The molecule has 46 heavy (non-hydrogen) atoms. The number of carbonyl (C=O) groups excluding carboxylic acids is 3. The van der Waals surface area contributed by atoms with Gasteiger partial charge < -0.3 is 19.4 Å². The number of nitrogens with one attached hydrogen (secondary N) is 3. The van der Waals surface area contributed by atoms with Gasteiger partial charge in [0.1, 0.15) is 17.5 Å². The number of amidine groups is 1. The van der Waals surface area contributed by atoms with Crippen molar-refractivity contribution in [2.75, 3.05) is 30.0 Å². The number of hydrogen-bond acceptors (Lipinski definition) is 9. The minimum Gasteiger partial charge on any atom is -0.466 e. The number of alkyl carbamates (subject to hydrolysis) is 1. The molecule has 0 bridgehead atoms. The van der Waals surface area contributed by atoms with E-state index in [1.54, 1.807) is 55.6 Å². The van der Waals surface area contributed by atoms with Crippen molar-refractivity contribution in [3.8, 4) is 0 Å². The van der Waals surface area contributed by atoms with E-state index in [0.29, 0.717) is 28.1 Å². The number of nitrogens with zero attached hydrogens (tertiary/aromatic N) is 4. The first-order valence-corrected chi connectivity index (χ1v) is 15.2. The molecule has 2 aromatic carbocycles. The summed E-state index contributed by atoms with van der Waals surface area (Å²) >= 11 is 0. The predicted molar refractivity (Wildman–Crippen MR) is 177 cm³/mol. The zero-order valence-electron chi connectivity index (χ0n) is 29.2. The summed E-state index contributed by atoms with van der Waals surface area (Å²) in [6, 6.07) is 16.4. The minimum atomic E-state index is -2.57. The van der Waals surface area contributed by atoms with Crippen molar-refractivity contribution in [2.45, 2.75) is 46.6 Å². The monoisotopic (exact) mass is 630 g/mol. The molecule has 2 heterocycles. The van der Waals surface area contributed by atoms with Crippen LogP contribution in [0.2, 0.25) is 0 Å². The Morgan fingerprint density at radius 2 is 1.78 bits per heavy atom. The van der Waals surface area contributed by atoms with E-state index in [1.807, 2.05) is 13.8 Å². The molecule has 3 N–H and O–H groups in total. The lowest BCUT2D eigenvalue weighted by atomic mass is 10.1. The van der Waals surface area contributed by atoms with Crippen LogP contribution in [-0.2, 0) is 27.8 Å². The Kier molecular flexibility index (Phi) is 10.3. The van der Waals surface area contributed by atoms with Gasteiger partial charge in [0, 0.05) is 40.6 Å². The lowest BCUT2D eigenvalue weighted by molar-refractivity contribution is -0.142. The number of fused-ring (bicyclic) bond motifs is 1. The molecular weight excluding hydrogens is 586 g/mol. The van der Waals surface area contributed by atoms with Crippen LogP contribution < -0.4 is 15.5 Å². The molecule has 4 rings (SSSR count). The second-order valence-corrected chi connectivity index (χ2v) is 10.5. The van der Waals surface area contributed by atoms with Crippen molar-refractivity contribution in [1.82, 2.24) is 19.9 Å². The molecule has 0 aliphatic rings. The molecule has 0 radical (unpaired) electrons. The van der Waals surface area contributed by atoms with E-state index in [1.165, 1.54) is 23.1 Å². The van der Waals surface area contributed by atoms with Crippen LogP contribution in [-0.4, -0.2) is 58.1 Å². The number of rotatable bonds is 14. The molecule has 12 nitrogen and oxygen atoms in total. The van der Waals surface area contributed by atoms with Gasteiger partial charge in [0.05, 0.1) is 37.2 Å². The molecule has 0 saturated heterocycles. The fourth-order valence-corrected chi connectivity index (χ4v) is 4.67. The van der Waals surface area contributed by atoms with Gasteiger partial charge in [-0.1, -0.05) is 32.8 Å². The van der Waals surface area contributed by atoms with E-state index in [4.69, 9.17) is 19.0 Å². The number of imidazole rings is 1. The molecule has 2 aromatic heterocycles. The Hall–Kier alpha value is -5.26. The first-order chi connectivity index (χ1) is 23.4. The van der Waals surface area contributed by atoms with Crippen molar-refractivity contribution < 1.29 is 28.0 Å². The summed E-state index contributed by atoms with van der Waals surface area (Å²) in [5.41, 5.74) is 1.94. The predicted octanol–water partition coefficient (Wildman–Crippen LogP) is 5.67. The molecule has 0 atom stereocenters. The second-order valence-electron chi connectivity index (χ2n) is 10.5. The Bertz CT molecular complexity index is 1760. The molecule has 4 aromatic rings. The molecule has 0 aliphatic carbocycles. The van der Waals surface area contributed by atoms with Gasteiger partial charge in [-0.3, -0.25) is 25.2 Å². The molecule has 0 unspecified atom stereocenters. The number of pyridine rings is 1. The topological polar surface area (TPSA) is 152 Å². The Morgan fingerprint density at radius 1 is 1.02 bits per heavy atom. The smallest absolute Gasteiger partial charge is 0.412 e. The van der Waals surface area contributed by atoms with E-state index in [9.17, 15) is 14.4 Å². The zero-order valence-corrected chi connectivity index (χ0v) is 26.2. The summed E-state index contributed by atoms with van der Waals surface area (Å²) in [4.78, 5) is 48.1. The number of amides is 2. The lowest BCUT2D eigenvalue weighted by Gasteiger charge is -2.21. The van der Waals surface area contributed by atoms with Crippen molar-refractivity contribution in [3.05, 3.63) is 83.8 Å². The molecule has 12 heteroatoms. The normalized spacial score (nSPS) is 12.1. The fourth-order valence-electron chi connectivity index (χ4n) is 4.67. The van der Waals surface area contributed by atoms with Gasteiger partial charge in [-0.15, -0.1) is 0 Å². The highest BCUT2D eigenvalue weighted by molar-refractivity contribution is 6.07. The number of hydrogen-bond donors (Lipinski definition) is 3. The van der Waals surface area contributed by atoms with Gasteiger partial charge in [-0.05, 0) is 67.4 Å². The maximum atomic E-state index is 13.7. The highest BCUT2D eigenvalue weighted by Gasteiger charge is 2.21. The summed E-state index contributed by atoms with van der Waals surface area (Å²) in [6.45, 7) is 3.77. The van der Waals surface area contributed by atoms with E-state index in [2.05, 4.69) is 20.6 Å².